The minimum Gasteiger partial charge on any atom is -0.484 e. The normalized spacial score (nSPS) is 19.9. The van der Waals surface area contributed by atoms with E-state index in [-0.39, 0.29) is 42.3 Å². The van der Waals surface area contributed by atoms with Crippen LogP contribution < -0.4 is 26.0 Å². The van der Waals surface area contributed by atoms with E-state index >= 15 is 0 Å². The highest BCUT2D eigenvalue weighted by atomic mass is 31.2. The Kier molecular flexibility index (Phi) is 20.5. The zero-order chi connectivity index (χ0) is 54.9. The average Bonchev–Trinajstić information content (AvgIpc) is 4.19. The van der Waals surface area contributed by atoms with Gasteiger partial charge in [-0.2, -0.15) is 15.2 Å². The first kappa shape index (κ1) is 57.3. The molecule has 2 N–H and O–H groups in total. The number of esters is 2. The van der Waals surface area contributed by atoms with Gasteiger partial charge in [0.15, 0.2) is 24.4 Å². The van der Waals surface area contributed by atoms with E-state index in [1.165, 1.54) is 24.2 Å². The first-order chi connectivity index (χ1) is 37.1. The number of hydrogen-bond acceptors (Lipinski definition) is 21. The predicted octanol–water partition coefficient (Wildman–Crippen LogP) is 5.26. The number of aromatic amines is 1. The molecule has 0 bridgehead atoms. The largest absolute Gasteiger partial charge is 0.484 e. The molecule has 0 saturated carbocycles. The molecule has 2 aromatic carbocycles. The third kappa shape index (κ3) is 16.5. The van der Waals surface area contributed by atoms with Crippen molar-refractivity contribution < 1.29 is 60.9 Å². The first-order valence-electron chi connectivity index (χ1n) is 25.1. The van der Waals surface area contributed by atoms with Gasteiger partial charge in [0.1, 0.15) is 61.3 Å². The maximum atomic E-state index is 14.7. The summed E-state index contributed by atoms with van der Waals surface area (Å²) in [6.07, 6.45) is 2.36. The molecule has 2 aliphatic heterocycles. The Labute approximate surface area is 442 Å². The molecule has 7 rings (SSSR count). The number of phosphoric acid groups is 1. The Morgan fingerprint density at radius 3 is 2.12 bits per heavy atom. The van der Waals surface area contributed by atoms with E-state index in [9.17, 15) is 33.8 Å². The van der Waals surface area contributed by atoms with E-state index < -0.39 is 107 Å². The number of amides is 1. The number of carbonyl (C=O) groups excluding carboxylic acids is 3. The fourth-order valence-electron chi connectivity index (χ4n) is 8.00. The van der Waals surface area contributed by atoms with Gasteiger partial charge in [-0.3, -0.25) is 47.4 Å². The van der Waals surface area contributed by atoms with Crippen molar-refractivity contribution in [1.29, 1.82) is 5.26 Å². The van der Waals surface area contributed by atoms with Gasteiger partial charge in [0.25, 0.3) is 17.4 Å². The number of fused-ring (bicyclic) bond motifs is 1. The Hall–Kier alpha value is -7.40. The number of nitrogens with one attached hydrogen (secondary N) is 2. The number of phosphoric ester groups is 1. The SMILES string of the molecule is CCCCc1ccc(OCC(=O)Nc2nc3c(ncn3[C@H]3C[C@@H](OC(=O)COc4ccc(CCCC)cc4)C(COP(=O)(OCCC#N)O[C@@H]4C[C@H](n5cnc(N=CN(C)C)nc5=O)OC4COC(C)=O)O3)c(=O)[nH]2)cc1. The van der Waals surface area contributed by atoms with Crippen LogP contribution in [0, 0.1) is 11.3 Å². The number of aryl methyl sites for hydroxylation is 2. The number of benzene rings is 2. The number of aromatic nitrogens is 7. The summed E-state index contributed by atoms with van der Waals surface area (Å²) in [6.45, 7) is 3.03. The number of rotatable bonds is 28. The monoisotopic (exact) mass is 1090 g/mol. The smallest absolute Gasteiger partial charge is 0.475 e. The number of imidazole rings is 1. The number of aliphatic imine (C=N–C) groups is 1. The third-order valence-corrected chi connectivity index (χ3v) is 13.4. The van der Waals surface area contributed by atoms with Gasteiger partial charge in [-0.25, -0.2) is 29.1 Å². The number of nitrogens with zero attached hydrogens (tertiary/aromatic N) is 9. The minimum atomic E-state index is -4.78. The molecule has 5 heterocycles. The summed E-state index contributed by atoms with van der Waals surface area (Å²) < 4.78 is 69.9. The zero-order valence-corrected chi connectivity index (χ0v) is 44.2. The average molecular weight is 1090 g/mol. The van der Waals surface area contributed by atoms with Crippen LogP contribution in [0.25, 0.3) is 11.2 Å². The molecule has 3 aromatic heterocycles. The Bertz CT molecular complexity index is 3030. The van der Waals surface area contributed by atoms with Crippen molar-refractivity contribution in [1.82, 2.24) is 39.0 Å². The van der Waals surface area contributed by atoms with E-state index in [2.05, 4.69) is 49.1 Å². The third-order valence-electron chi connectivity index (χ3n) is 11.9. The first-order valence-corrected chi connectivity index (χ1v) is 26.5. The molecule has 7 atom stereocenters. The number of H-pyrrole nitrogens is 1. The number of hydrogen-bond donors (Lipinski definition) is 2. The second-order valence-electron chi connectivity index (χ2n) is 18.1. The highest BCUT2D eigenvalue weighted by molar-refractivity contribution is 7.48. The molecule has 77 heavy (non-hydrogen) atoms. The van der Waals surface area contributed by atoms with E-state index in [1.807, 2.05) is 30.3 Å². The lowest BCUT2D eigenvalue weighted by Crippen LogP contribution is -2.33. The number of ether oxygens (including phenoxy) is 6. The van der Waals surface area contributed by atoms with Gasteiger partial charge in [0, 0.05) is 33.9 Å². The standard InChI is InChI=1S/C50H62N11O15P/c1-6-8-11-33-13-17-35(18-14-33)69-27-41(63)55-49-56-46-45(47(65)57-49)52-30-60(46)42-23-37(75-44(64)28-70-36-19-15-34(16-20-36)12-9-7-2)40(74-42)26-72-77(67,71-22-10-21-51)76-38-24-43(73-39(38)25-68-32(3)62)61-31-54-48(58-50(61)66)53-29-59(4)5/h13-20,29-31,37-40,42-43H,6-12,22-28H2,1-5H3,(H2,55,56,57,63,65)/t37-,38-,39?,40?,42-,43-,77?/m1/s1. The van der Waals surface area contributed by atoms with Gasteiger partial charge in [0.2, 0.25) is 5.95 Å². The predicted molar refractivity (Wildman–Crippen MR) is 274 cm³/mol. The van der Waals surface area contributed by atoms with Gasteiger partial charge in [-0.15, -0.1) is 0 Å². The van der Waals surface area contributed by atoms with Gasteiger partial charge >= 0.3 is 25.5 Å². The molecule has 0 spiro atoms. The lowest BCUT2D eigenvalue weighted by Gasteiger charge is -2.26. The van der Waals surface area contributed by atoms with Crippen LogP contribution in [0.3, 0.4) is 0 Å². The summed E-state index contributed by atoms with van der Waals surface area (Å²) in [5.74, 6) is -1.51. The molecule has 2 aliphatic rings. The van der Waals surface area contributed by atoms with Gasteiger partial charge in [0.05, 0.1) is 38.4 Å². The van der Waals surface area contributed by atoms with E-state index in [0.717, 1.165) is 60.5 Å². The van der Waals surface area contributed by atoms with Gasteiger partial charge in [-0.1, -0.05) is 51.0 Å². The fourth-order valence-corrected chi connectivity index (χ4v) is 9.39. The van der Waals surface area contributed by atoms with Crippen LogP contribution in [-0.4, -0.2) is 135 Å². The molecule has 1 amide bonds. The van der Waals surface area contributed by atoms with Crippen molar-refractivity contribution in [2.75, 3.05) is 52.4 Å². The Balaban J connectivity index is 1.10. The maximum absolute atomic E-state index is 14.7. The Morgan fingerprint density at radius 2 is 1.49 bits per heavy atom. The highest BCUT2D eigenvalue weighted by Crippen LogP contribution is 2.54. The maximum Gasteiger partial charge on any atom is 0.475 e. The second-order valence-corrected chi connectivity index (χ2v) is 19.7. The summed E-state index contributed by atoms with van der Waals surface area (Å²) in [6, 6.07) is 16.6. The molecule has 2 fully saturated rings. The van der Waals surface area contributed by atoms with Crippen molar-refractivity contribution in [2.45, 2.75) is 115 Å². The molecule has 5 aromatic rings. The molecule has 26 nitrogen and oxygen atoms in total. The number of carbonyl (C=O) groups is 3. The van der Waals surface area contributed by atoms with Crippen LogP contribution in [0.5, 0.6) is 11.5 Å². The van der Waals surface area contributed by atoms with E-state index in [1.54, 1.807) is 43.3 Å². The van der Waals surface area contributed by atoms with Crippen LogP contribution in [0.1, 0.15) is 89.3 Å². The van der Waals surface area contributed by atoms with E-state index in [0.29, 0.717) is 11.5 Å². The van der Waals surface area contributed by atoms with Crippen molar-refractivity contribution in [2.24, 2.45) is 4.99 Å². The van der Waals surface area contributed by atoms with Crippen LogP contribution >= 0.6 is 7.82 Å². The summed E-state index contributed by atoms with van der Waals surface area (Å²) >= 11 is 0. The van der Waals surface area contributed by atoms with E-state index in [4.69, 9.17) is 42.0 Å². The second kappa shape index (κ2) is 27.6. The lowest BCUT2D eigenvalue weighted by atomic mass is 10.1. The van der Waals surface area contributed by atoms with Crippen LogP contribution in [0.15, 0.2) is 75.8 Å². The number of unbranched alkanes of at least 4 members (excludes halogenated alkanes) is 2. The van der Waals surface area contributed by atoms with Crippen molar-refractivity contribution >= 4 is 55.1 Å². The summed E-state index contributed by atoms with van der Waals surface area (Å²) in [7, 11) is -1.33. The summed E-state index contributed by atoms with van der Waals surface area (Å²) in [5.41, 5.74) is 0.656. The molecule has 0 aliphatic carbocycles. The zero-order valence-electron chi connectivity index (χ0n) is 43.3. The van der Waals surface area contributed by atoms with Crippen molar-refractivity contribution in [3.8, 4) is 17.6 Å². The summed E-state index contributed by atoms with van der Waals surface area (Å²) in [4.78, 5) is 89.9. The quantitative estimate of drug-likeness (QED) is 0.0212. The van der Waals surface area contributed by atoms with Crippen LogP contribution in [0.2, 0.25) is 0 Å². The molecular formula is C50H62N11O15P. The molecule has 27 heteroatoms. The van der Waals surface area contributed by atoms with Crippen LogP contribution in [-0.2, 0) is 64.3 Å². The van der Waals surface area contributed by atoms with Crippen molar-refractivity contribution in [3.05, 3.63) is 93.2 Å². The number of nitriles is 1. The molecule has 0 radical (unpaired) electrons. The fraction of sp³-hybridized carbons (Fsp3) is 0.500. The molecule has 2 saturated heterocycles. The van der Waals surface area contributed by atoms with Gasteiger partial charge < -0.3 is 33.3 Å². The minimum absolute atomic E-state index is 0.0149. The Morgan fingerprint density at radius 1 is 0.870 bits per heavy atom. The molecule has 412 valence electrons. The van der Waals surface area contributed by atoms with Crippen molar-refractivity contribution in [3.63, 3.8) is 0 Å². The molecule has 3 unspecified atom stereocenters. The topological polar surface area (TPSA) is 314 Å². The number of anilines is 1. The molecular weight excluding hydrogens is 1030 g/mol. The van der Waals surface area contributed by atoms with Gasteiger partial charge in [-0.05, 0) is 61.1 Å². The lowest BCUT2D eigenvalue weighted by molar-refractivity contribution is -0.155. The summed E-state index contributed by atoms with van der Waals surface area (Å²) in [5, 5.41) is 11.9. The van der Waals surface area contributed by atoms with Crippen LogP contribution in [0.4, 0.5) is 11.9 Å². The highest BCUT2D eigenvalue weighted by Gasteiger charge is 2.46.